The SMILES string of the molecule is CCC(N)(c1ccccc1)c1ccc(Br)c(Cl)c1F. The molecule has 0 saturated heterocycles. The number of hydrogen-bond acceptors (Lipinski definition) is 1. The maximum absolute atomic E-state index is 14.4. The van der Waals surface area contributed by atoms with Gasteiger partial charge in [-0.25, -0.2) is 4.39 Å². The summed E-state index contributed by atoms with van der Waals surface area (Å²) in [7, 11) is 0. The lowest BCUT2D eigenvalue weighted by Gasteiger charge is -2.30. The monoisotopic (exact) mass is 341 g/mol. The van der Waals surface area contributed by atoms with Crippen LogP contribution < -0.4 is 5.73 Å². The standard InChI is InChI=1S/C15H14BrClFN/c1-2-15(19,10-6-4-3-5-7-10)11-8-9-12(16)13(17)14(11)18/h3-9H,2,19H2,1H3. The molecule has 2 aromatic carbocycles. The zero-order valence-corrected chi connectivity index (χ0v) is 12.8. The minimum absolute atomic E-state index is 0.0664. The van der Waals surface area contributed by atoms with Gasteiger partial charge in [-0.05, 0) is 34.0 Å². The van der Waals surface area contributed by atoms with Crippen molar-refractivity contribution in [3.63, 3.8) is 0 Å². The topological polar surface area (TPSA) is 26.0 Å². The molecule has 0 aliphatic heterocycles. The molecular weight excluding hydrogens is 329 g/mol. The highest BCUT2D eigenvalue weighted by Gasteiger charge is 2.31. The van der Waals surface area contributed by atoms with E-state index in [4.69, 9.17) is 17.3 Å². The molecule has 19 heavy (non-hydrogen) atoms. The highest BCUT2D eigenvalue weighted by atomic mass is 79.9. The molecule has 0 aliphatic rings. The van der Waals surface area contributed by atoms with E-state index in [0.29, 0.717) is 16.5 Å². The lowest BCUT2D eigenvalue weighted by atomic mass is 9.81. The summed E-state index contributed by atoms with van der Waals surface area (Å²) in [6.45, 7) is 1.93. The summed E-state index contributed by atoms with van der Waals surface area (Å²) in [5, 5.41) is 0.0664. The molecule has 2 rings (SSSR count). The van der Waals surface area contributed by atoms with E-state index in [-0.39, 0.29) is 5.02 Å². The second-order valence-corrected chi connectivity index (χ2v) is 5.65. The van der Waals surface area contributed by atoms with Crippen molar-refractivity contribution < 1.29 is 4.39 Å². The molecule has 0 fully saturated rings. The fraction of sp³-hybridized carbons (Fsp3) is 0.200. The summed E-state index contributed by atoms with van der Waals surface area (Å²) in [6, 6.07) is 12.9. The molecule has 0 saturated carbocycles. The smallest absolute Gasteiger partial charge is 0.148 e. The van der Waals surface area contributed by atoms with Gasteiger partial charge in [0.15, 0.2) is 0 Å². The Labute approximate surface area is 125 Å². The van der Waals surface area contributed by atoms with Crippen LogP contribution in [0.2, 0.25) is 5.02 Å². The van der Waals surface area contributed by atoms with Crippen LogP contribution in [0.25, 0.3) is 0 Å². The predicted molar refractivity (Wildman–Crippen MR) is 80.8 cm³/mol. The second kappa shape index (κ2) is 5.61. The van der Waals surface area contributed by atoms with Crippen LogP contribution in [0.5, 0.6) is 0 Å². The Kier molecular flexibility index (Phi) is 4.29. The molecule has 1 unspecified atom stereocenters. The first-order chi connectivity index (χ1) is 9.00. The Morgan fingerprint density at radius 1 is 1.21 bits per heavy atom. The molecule has 0 bridgehead atoms. The van der Waals surface area contributed by atoms with Crippen molar-refractivity contribution in [2.24, 2.45) is 5.73 Å². The zero-order valence-electron chi connectivity index (χ0n) is 10.5. The highest BCUT2D eigenvalue weighted by Crippen LogP contribution is 2.36. The molecule has 0 spiro atoms. The van der Waals surface area contributed by atoms with Crippen LogP contribution in [0.1, 0.15) is 24.5 Å². The van der Waals surface area contributed by atoms with Gasteiger partial charge in [0, 0.05) is 10.0 Å². The Morgan fingerprint density at radius 2 is 1.84 bits per heavy atom. The fourth-order valence-electron chi connectivity index (χ4n) is 2.16. The largest absolute Gasteiger partial charge is 0.318 e. The number of hydrogen-bond donors (Lipinski definition) is 1. The molecule has 2 aromatic rings. The number of nitrogens with two attached hydrogens (primary N) is 1. The van der Waals surface area contributed by atoms with E-state index in [1.54, 1.807) is 12.1 Å². The third-order valence-corrected chi connectivity index (χ3v) is 4.62. The third-order valence-electron chi connectivity index (χ3n) is 3.36. The number of rotatable bonds is 3. The van der Waals surface area contributed by atoms with E-state index in [9.17, 15) is 4.39 Å². The fourth-order valence-corrected chi connectivity index (χ4v) is 2.63. The lowest BCUT2D eigenvalue weighted by Crippen LogP contribution is -2.38. The van der Waals surface area contributed by atoms with Crippen molar-refractivity contribution in [2.75, 3.05) is 0 Å². The van der Waals surface area contributed by atoms with E-state index in [2.05, 4.69) is 15.9 Å². The minimum Gasteiger partial charge on any atom is -0.318 e. The van der Waals surface area contributed by atoms with Gasteiger partial charge in [0.1, 0.15) is 5.82 Å². The molecule has 1 atom stereocenters. The van der Waals surface area contributed by atoms with Gasteiger partial charge in [0.25, 0.3) is 0 Å². The summed E-state index contributed by atoms with van der Waals surface area (Å²) in [6.07, 6.45) is 0.575. The van der Waals surface area contributed by atoms with Crippen LogP contribution in [0.3, 0.4) is 0 Å². The van der Waals surface area contributed by atoms with E-state index < -0.39 is 11.4 Å². The zero-order chi connectivity index (χ0) is 14.0. The van der Waals surface area contributed by atoms with Crippen LogP contribution in [-0.4, -0.2) is 0 Å². The minimum atomic E-state index is -0.879. The normalized spacial score (nSPS) is 14.2. The van der Waals surface area contributed by atoms with E-state index in [0.717, 1.165) is 5.56 Å². The molecule has 0 amide bonds. The number of benzene rings is 2. The van der Waals surface area contributed by atoms with Gasteiger partial charge < -0.3 is 5.73 Å². The third kappa shape index (κ3) is 2.55. The van der Waals surface area contributed by atoms with Gasteiger partial charge in [-0.2, -0.15) is 0 Å². The van der Waals surface area contributed by atoms with Crippen LogP contribution >= 0.6 is 27.5 Å². The van der Waals surface area contributed by atoms with Crippen molar-refractivity contribution in [1.82, 2.24) is 0 Å². The first-order valence-electron chi connectivity index (χ1n) is 5.99. The Morgan fingerprint density at radius 3 is 2.42 bits per heavy atom. The summed E-state index contributed by atoms with van der Waals surface area (Å²) in [5.41, 5.74) is 6.85. The molecule has 0 aliphatic carbocycles. The molecule has 0 aromatic heterocycles. The average Bonchev–Trinajstić information content (AvgIpc) is 2.45. The van der Waals surface area contributed by atoms with Gasteiger partial charge in [-0.1, -0.05) is 54.9 Å². The van der Waals surface area contributed by atoms with Crippen LogP contribution in [0, 0.1) is 5.82 Å². The Hall–Kier alpha value is -0.900. The Balaban J connectivity index is 2.63. The molecule has 0 heterocycles. The molecule has 4 heteroatoms. The van der Waals surface area contributed by atoms with E-state index in [1.807, 2.05) is 37.3 Å². The van der Waals surface area contributed by atoms with Crippen LogP contribution in [0.4, 0.5) is 4.39 Å². The van der Waals surface area contributed by atoms with Gasteiger partial charge in [-0.3, -0.25) is 0 Å². The molecular formula is C15H14BrClFN. The van der Waals surface area contributed by atoms with Crippen molar-refractivity contribution in [3.05, 3.63) is 68.9 Å². The van der Waals surface area contributed by atoms with E-state index >= 15 is 0 Å². The maximum atomic E-state index is 14.4. The van der Waals surface area contributed by atoms with Crippen molar-refractivity contribution in [3.8, 4) is 0 Å². The maximum Gasteiger partial charge on any atom is 0.148 e. The van der Waals surface area contributed by atoms with Gasteiger partial charge in [0.05, 0.1) is 10.6 Å². The quantitative estimate of drug-likeness (QED) is 0.793. The summed E-state index contributed by atoms with van der Waals surface area (Å²) in [5.74, 6) is -0.468. The van der Waals surface area contributed by atoms with Crippen molar-refractivity contribution in [1.29, 1.82) is 0 Å². The van der Waals surface area contributed by atoms with Crippen molar-refractivity contribution >= 4 is 27.5 Å². The first-order valence-corrected chi connectivity index (χ1v) is 7.16. The van der Waals surface area contributed by atoms with Crippen LogP contribution in [0.15, 0.2) is 46.9 Å². The number of halogens is 3. The molecule has 100 valence electrons. The van der Waals surface area contributed by atoms with E-state index in [1.165, 1.54) is 0 Å². The van der Waals surface area contributed by atoms with Gasteiger partial charge >= 0.3 is 0 Å². The van der Waals surface area contributed by atoms with Crippen LogP contribution in [-0.2, 0) is 5.54 Å². The average molecular weight is 343 g/mol. The predicted octanol–water partition coefficient (Wildman–Crippen LogP) is 4.85. The van der Waals surface area contributed by atoms with Crippen molar-refractivity contribution in [2.45, 2.75) is 18.9 Å². The second-order valence-electron chi connectivity index (χ2n) is 4.41. The molecule has 2 N–H and O–H groups in total. The Bertz CT molecular complexity index is 588. The summed E-state index contributed by atoms with van der Waals surface area (Å²) < 4.78 is 14.9. The highest BCUT2D eigenvalue weighted by molar-refractivity contribution is 9.10. The molecule has 1 nitrogen and oxygen atoms in total. The molecule has 0 radical (unpaired) electrons. The summed E-state index contributed by atoms with van der Waals surface area (Å²) >= 11 is 9.17. The van der Waals surface area contributed by atoms with Gasteiger partial charge in [0.2, 0.25) is 0 Å². The first kappa shape index (κ1) is 14.5. The van der Waals surface area contributed by atoms with Gasteiger partial charge in [-0.15, -0.1) is 0 Å². The summed E-state index contributed by atoms with van der Waals surface area (Å²) in [4.78, 5) is 0. The lowest BCUT2D eigenvalue weighted by molar-refractivity contribution is 0.479.